The molecule has 3 rings (SSSR count). The van der Waals surface area contributed by atoms with Crippen LogP contribution < -0.4 is 5.32 Å². The van der Waals surface area contributed by atoms with Crippen molar-refractivity contribution >= 4 is 21.6 Å². The third kappa shape index (κ3) is 5.28. The number of nitrogens with zero attached hydrogens (tertiary/aromatic N) is 1. The number of carbonyl (C=O) groups excluding carboxylic acids is 1. The number of rotatable bonds is 7. The molecule has 0 saturated heterocycles. The van der Waals surface area contributed by atoms with Crippen LogP contribution in [0.5, 0.6) is 0 Å². The molecule has 0 aliphatic rings. The minimum Gasteiger partial charge on any atom is -0.322 e. The number of halogens is 2. The van der Waals surface area contributed by atoms with Crippen LogP contribution in [0, 0.1) is 18.6 Å². The Bertz CT molecular complexity index is 1130. The molecule has 0 radical (unpaired) electrons. The van der Waals surface area contributed by atoms with Crippen LogP contribution in [-0.2, 0) is 21.4 Å². The molecule has 0 atom stereocenters. The summed E-state index contributed by atoms with van der Waals surface area (Å²) in [5.74, 6) is -2.33. The lowest BCUT2D eigenvalue weighted by atomic mass is 10.2. The molecular weight excluding hydrogens is 410 g/mol. The highest BCUT2D eigenvalue weighted by molar-refractivity contribution is 7.89. The third-order valence-corrected chi connectivity index (χ3v) is 6.19. The monoisotopic (exact) mass is 430 g/mol. The normalized spacial score (nSPS) is 11.5. The summed E-state index contributed by atoms with van der Waals surface area (Å²) in [5.41, 5.74) is 1.22. The van der Waals surface area contributed by atoms with Crippen LogP contribution >= 0.6 is 0 Å². The van der Waals surface area contributed by atoms with Crippen LogP contribution in [0.25, 0.3) is 0 Å². The largest absolute Gasteiger partial charge is 0.322 e. The topological polar surface area (TPSA) is 66.5 Å². The van der Waals surface area contributed by atoms with Crippen LogP contribution in [0.2, 0.25) is 0 Å². The maximum absolute atomic E-state index is 13.8. The molecule has 1 amide bonds. The summed E-state index contributed by atoms with van der Waals surface area (Å²) in [7, 11) is -4.02. The molecule has 30 heavy (non-hydrogen) atoms. The van der Waals surface area contributed by atoms with Gasteiger partial charge in [-0.2, -0.15) is 4.31 Å². The number of anilines is 1. The van der Waals surface area contributed by atoms with Gasteiger partial charge in [-0.25, -0.2) is 17.2 Å². The lowest BCUT2D eigenvalue weighted by Crippen LogP contribution is -2.37. The molecule has 0 heterocycles. The fourth-order valence-corrected chi connectivity index (χ4v) is 4.20. The molecule has 0 aliphatic carbocycles. The van der Waals surface area contributed by atoms with Gasteiger partial charge in [0.05, 0.1) is 17.1 Å². The fraction of sp³-hybridized carbons (Fsp3) is 0.136. The van der Waals surface area contributed by atoms with Crippen molar-refractivity contribution in [3.63, 3.8) is 0 Å². The maximum atomic E-state index is 13.8. The van der Waals surface area contributed by atoms with Crippen molar-refractivity contribution in [1.29, 1.82) is 0 Å². The van der Waals surface area contributed by atoms with E-state index in [1.807, 2.05) is 6.92 Å². The minimum atomic E-state index is -4.02. The molecule has 0 spiro atoms. The first kappa shape index (κ1) is 21.6. The van der Waals surface area contributed by atoms with Crippen molar-refractivity contribution in [1.82, 2.24) is 4.31 Å². The van der Waals surface area contributed by atoms with Gasteiger partial charge in [-0.05, 0) is 36.8 Å². The molecule has 0 saturated carbocycles. The highest BCUT2D eigenvalue weighted by Gasteiger charge is 2.27. The zero-order chi connectivity index (χ0) is 21.7. The van der Waals surface area contributed by atoms with Gasteiger partial charge in [0.1, 0.15) is 11.6 Å². The number of aryl methyl sites for hydroxylation is 1. The molecule has 8 heteroatoms. The average molecular weight is 430 g/mol. The van der Waals surface area contributed by atoms with Gasteiger partial charge in [0.25, 0.3) is 0 Å². The number of nitrogens with one attached hydrogen (secondary N) is 1. The van der Waals surface area contributed by atoms with E-state index < -0.39 is 34.1 Å². The molecule has 0 fully saturated rings. The van der Waals surface area contributed by atoms with Gasteiger partial charge in [0.2, 0.25) is 15.9 Å². The second-order valence-electron chi connectivity index (χ2n) is 6.74. The van der Waals surface area contributed by atoms with Gasteiger partial charge in [0.15, 0.2) is 0 Å². The van der Waals surface area contributed by atoms with Crippen LogP contribution in [0.1, 0.15) is 11.1 Å². The number of hydrogen-bond donors (Lipinski definition) is 1. The van der Waals surface area contributed by atoms with E-state index in [9.17, 15) is 22.0 Å². The van der Waals surface area contributed by atoms with Gasteiger partial charge in [-0.1, -0.05) is 48.0 Å². The molecule has 0 unspecified atom stereocenters. The van der Waals surface area contributed by atoms with Gasteiger partial charge in [-0.15, -0.1) is 0 Å². The smallest absolute Gasteiger partial charge is 0.243 e. The van der Waals surface area contributed by atoms with E-state index >= 15 is 0 Å². The summed E-state index contributed by atoms with van der Waals surface area (Å²) in [6.07, 6.45) is 0. The summed E-state index contributed by atoms with van der Waals surface area (Å²) >= 11 is 0. The first-order chi connectivity index (χ1) is 14.3. The Morgan fingerprint density at radius 3 is 2.30 bits per heavy atom. The zero-order valence-corrected chi connectivity index (χ0v) is 17.0. The summed E-state index contributed by atoms with van der Waals surface area (Å²) in [4.78, 5) is 12.5. The highest BCUT2D eigenvalue weighted by Crippen LogP contribution is 2.20. The molecule has 156 valence electrons. The van der Waals surface area contributed by atoms with Gasteiger partial charge >= 0.3 is 0 Å². The molecule has 3 aromatic rings. The van der Waals surface area contributed by atoms with Crippen LogP contribution in [0.15, 0.2) is 77.7 Å². The predicted octanol–water partition coefficient (Wildman–Crippen LogP) is 4.10. The summed E-state index contributed by atoms with van der Waals surface area (Å²) in [6, 6.07) is 17.7. The Balaban J connectivity index is 1.88. The quantitative estimate of drug-likeness (QED) is 0.614. The Morgan fingerprint density at radius 1 is 0.967 bits per heavy atom. The van der Waals surface area contributed by atoms with Crippen LogP contribution in [0.4, 0.5) is 14.5 Å². The molecule has 0 aromatic heterocycles. The number of sulfonamides is 1. The van der Waals surface area contributed by atoms with E-state index in [1.165, 1.54) is 12.1 Å². The van der Waals surface area contributed by atoms with Crippen LogP contribution in [0.3, 0.4) is 0 Å². The van der Waals surface area contributed by atoms with E-state index in [4.69, 9.17) is 0 Å². The lowest BCUT2D eigenvalue weighted by Gasteiger charge is -2.22. The molecule has 3 aromatic carbocycles. The second kappa shape index (κ2) is 9.15. The summed E-state index contributed by atoms with van der Waals surface area (Å²) in [6.45, 7) is 1.20. The fourth-order valence-electron chi connectivity index (χ4n) is 2.82. The third-order valence-electron chi connectivity index (χ3n) is 4.38. The average Bonchev–Trinajstić information content (AvgIpc) is 2.71. The van der Waals surface area contributed by atoms with E-state index in [0.717, 1.165) is 28.1 Å². The van der Waals surface area contributed by atoms with Crippen molar-refractivity contribution < 1.29 is 22.0 Å². The maximum Gasteiger partial charge on any atom is 0.243 e. The van der Waals surface area contributed by atoms with Gasteiger partial charge in [0, 0.05) is 12.6 Å². The first-order valence-electron chi connectivity index (χ1n) is 9.11. The van der Waals surface area contributed by atoms with Crippen molar-refractivity contribution in [2.45, 2.75) is 18.4 Å². The zero-order valence-electron chi connectivity index (χ0n) is 16.2. The number of carbonyl (C=O) groups is 1. The molecule has 0 bridgehead atoms. The van der Waals surface area contributed by atoms with E-state index in [0.29, 0.717) is 5.56 Å². The number of benzene rings is 3. The lowest BCUT2D eigenvalue weighted by molar-refractivity contribution is -0.116. The number of amides is 1. The summed E-state index contributed by atoms with van der Waals surface area (Å²) < 4.78 is 54.5. The van der Waals surface area contributed by atoms with Crippen molar-refractivity contribution in [3.8, 4) is 0 Å². The second-order valence-corrected chi connectivity index (χ2v) is 8.68. The molecule has 1 N–H and O–H groups in total. The molecule has 5 nitrogen and oxygen atoms in total. The first-order valence-corrected chi connectivity index (χ1v) is 10.6. The standard InChI is InChI=1S/C22H20F2N2O3S/c1-16-7-10-19(11-8-16)30(28,29)26(14-17-5-3-2-4-6-17)15-22(27)25-21-13-18(23)9-12-20(21)24/h2-13H,14-15H2,1H3,(H,25,27). The Labute approximate surface area is 174 Å². The Kier molecular flexibility index (Phi) is 6.59. The van der Waals surface area contributed by atoms with Crippen molar-refractivity contribution in [3.05, 3.63) is 95.6 Å². The Hall–Kier alpha value is -3.10. The van der Waals surface area contributed by atoms with Gasteiger partial charge < -0.3 is 5.32 Å². The summed E-state index contributed by atoms with van der Waals surface area (Å²) in [5, 5.41) is 2.24. The SMILES string of the molecule is Cc1ccc(S(=O)(=O)N(CC(=O)Nc2cc(F)ccc2F)Cc2ccccc2)cc1. The Morgan fingerprint density at radius 2 is 1.63 bits per heavy atom. The van der Waals surface area contributed by atoms with E-state index in [-0.39, 0.29) is 17.1 Å². The molecular formula is C22H20F2N2O3S. The van der Waals surface area contributed by atoms with Crippen molar-refractivity contribution in [2.24, 2.45) is 0 Å². The highest BCUT2D eigenvalue weighted by atomic mass is 32.2. The predicted molar refractivity (Wildman–Crippen MR) is 110 cm³/mol. The van der Waals surface area contributed by atoms with Crippen LogP contribution in [-0.4, -0.2) is 25.2 Å². The van der Waals surface area contributed by atoms with Crippen molar-refractivity contribution in [2.75, 3.05) is 11.9 Å². The minimum absolute atomic E-state index is 0.0359. The van der Waals surface area contributed by atoms with E-state index in [1.54, 1.807) is 42.5 Å². The number of hydrogen-bond acceptors (Lipinski definition) is 3. The van der Waals surface area contributed by atoms with Gasteiger partial charge in [-0.3, -0.25) is 4.79 Å². The molecule has 0 aliphatic heterocycles. The van der Waals surface area contributed by atoms with E-state index in [2.05, 4.69) is 5.32 Å².